The Morgan fingerprint density at radius 1 is 1.00 bits per heavy atom. The highest BCUT2D eigenvalue weighted by molar-refractivity contribution is 4.87. The third kappa shape index (κ3) is 5.86. The molecule has 0 saturated carbocycles. The van der Waals surface area contributed by atoms with Crippen LogP contribution < -0.4 is 5.32 Å². The quantitative estimate of drug-likeness (QED) is 0.593. The Balaban J connectivity index is 1.84. The molecule has 1 saturated heterocycles. The van der Waals surface area contributed by atoms with Crippen LogP contribution in [0.15, 0.2) is 0 Å². The van der Waals surface area contributed by atoms with Crippen molar-refractivity contribution in [1.29, 1.82) is 0 Å². The highest BCUT2D eigenvalue weighted by atomic mass is 16.3. The lowest BCUT2D eigenvalue weighted by Crippen LogP contribution is -2.30. The summed E-state index contributed by atoms with van der Waals surface area (Å²) in [5.41, 5.74) is -0.373. The molecule has 0 bridgehead atoms. The van der Waals surface area contributed by atoms with Crippen molar-refractivity contribution < 1.29 is 5.11 Å². The summed E-state index contributed by atoms with van der Waals surface area (Å²) < 4.78 is 0. The van der Waals surface area contributed by atoms with Crippen molar-refractivity contribution in [2.75, 3.05) is 13.1 Å². The summed E-state index contributed by atoms with van der Waals surface area (Å²) >= 11 is 0. The molecule has 16 heavy (non-hydrogen) atoms. The predicted molar refractivity (Wildman–Crippen MR) is 69.7 cm³/mol. The van der Waals surface area contributed by atoms with Crippen molar-refractivity contribution in [1.82, 2.24) is 5.32 Å². The molecule has 1 fully saturated rings. The summed E-state index contributed by atoms with van der Waals surface area (Å²) in [6, 6.07) is 0. The third-order valence-corrected chi connectivity index (χ3v) is 3.72. The molecule has 1 atom stereocenters. The number of unbranched alkanes of at least 4 members (excludes halogenated alkanes) is 7. The highest BCUT2D eigenvalue weighted by Gasteiger charge is 2.29. The van der Waals surface area contributed by atoms with E-state index in [1.165, 1.54) is 51.4 Å². The lowest BCUT2D eigenvalue weighted by molar-refractivity contribution is 0.0495. The van der Waals surface area contributed by atoms with Crippen molar-refractivity contribution in [3.05, 3.63) is 0 Å². The van der Waals surface area contributed by atoms with Gasteiger partial charge in [-0.2, -0.15) is 0 Å². The molecule has 1 heterocycles. The van der Waals surface area contributed by atoms with Crippen molar-refractivity contribution in [2.45, 2.75) is 76.7 Å². The Labute approximate surface area is 101 Å². The van der Waals surface area contributed by atoms with Gasteiger partial charge in [-0.15, -0.1) is 0 Å². The first-order chi connectivity index (χ1) is 7.77. The van der Waals surface area contributed by atoms with Crippen LogP contribution in [0.4, 0.5) is 0 Å². The maximum Gasteiger partial charge on any atom is 0.0783 e. The van der Waals surface area contributed by atoms with Gasteiger partial charge < -0.3 is 10.4 Å². The molecule has 2 N–H and O–H groups in total. The fourth-order valence-corrected chi connectivity index (χ4v) is 2.53. The minimum atomic E-state index is -0.373. The maximum atomic E-state index is 10.1. The largest absolute Gasteiger partial charge is 0.389 e. The van der Waals surface area contributed by atoms with Crippen LogP contribution in [0.25, 0.3) is 0 Å². The Morgan fingerprint density at radius 2 is 1.62 bits per heavy atom. The smallest absolute Gasteiger partial charge is 0.0783 e. The predicted octanol–water partition coefficient (Wildman–Crippen LogP) is 3.24. The zero-order valence-corrected chi connectivity index (χ0v) is 10.9. The topological polar surface area (TPSA) is 32.3 Å². The second kappa shape index (κ2) is 8.08. The van der Waals surface area contributed by atoms with Crippen LogP contribution in [-0.4, -0.2) is 23.8 Å². The number of rotatable bonds is 9. The van der Waals surface area contributed by atoms with Gasteiger partial charge in [-0.25, -0.2) is 0 Å². The van der Waals surface area contributed by atoms with E-state index in [2.05, 4.69) is 12.2 Å². The van der Waals surface area contributed by atoms with E-state index in [4.69, 9.17) is 0 Å². The summed E-state index contributed by atoms with van der Waals surface area (Å²) in [5.74, 6) is 0. The molecule has 1 unspecified atom stereocenters. The molecule has 0 radical (unpaired) electrons. The Hall–Kier alpha value is -0.0800. The molecule has 2 nitrogen and oxygen atoms in total. The third-order valence-electron chi connectivity index (χ3n) is 3.72. The zero-order valence-electron chi connectivity index (χ0n) is 10.9. The monoisotopic (exact) mass is 227 g/mol. The fraction of sp³-hybridized carbons (Fsp3) is 1.00. The number of aliphatic hydroxyl groups is 1. The normalized spacial score (nSPS) is 25.1. The molecule has 0 amide bonds. The fourth-order valence-electron chi connectivity index (χ4n) is 2.53. The van der Waals surface area contributed by atoms with E-state index in [1.807, 2.05) is 0 Å². The molecule has 0 aliphatic carbocycles. The summed E-state index contributed by atoms with van der Waals surface area (Å²) in [5, 5.41) is 13.3. The van der Waals surface area contributed by atoms with Gasteiger partial charge >= 0.3 is 0 Å². The molecule has 0 spiro atoms. The van der Waals surface area contributed by atoms with Gasteiger partial charge in [-0.1, -0.05) is 58.3 Å². The van der Waals surface area contributed by atoms with E-state index >= 15 is 0 Å². The molecular weight excluding hydrogens is 198 g/mol. The van der Waals surface area contributed by atoms with Crippen molar-refractivity contribution in [3.8, 4) is 0 Å². The van der Waals surface area contributed by atoms with Gasteiger partial charge in [0.05, 0.1) is 5.60 Å². The summed E-state index contributed by atoms with van der Waals surface area (Å²) in [4.78, 5) is 0. The van der Waals surface area contributed by atoms with Crippen LogP contribution in [0.2, 0.25) is 0 Å². The molecular formula is C14H29NO. The van der Waals surface area contributed by atoms with E-state index in [-0.39, 0.29) is 5.60 Å². The Morgan fingerprint density at radius 3 is 2.19 bits per heavy atom. The number of nitrogens with one attached hydrogen (secondary N) is 1. The van der Waals surface area contributed by atoms with Crippen LogP contribution in [0.5, 0.6) is 0 Å². The van der Waals surface area contributed by atoms with Crippen LogP contribution in [-0.2, 0) is 0 Å². The van der Waals surface area contributed by atoms with Crippen LogP contribution in [0, 0.1) is 0 Å². The first kappa shape index (κ1) is 14.0. The van der Waals surface area contributed by atoms with E-state index in [0.29, 0.717) is 0 Å². The number of hydrogen-bond acceptors (Lipinski definition) is 2. The van der Waals surface area contributed by atoms with Crippen LogP contribution >= 0.6 is 0 Å². The average molecular weight is 227 g/mol. The lowest BCUT2D eigenvalue weighted by atomic mass is 9.95. The summed E-state index contributed by atoms with van der Waals surface area (Å²) in [6.07, 6.45) is 12.7. The Bertz CT molecular complexity index is 164. The minimum Gasteiger partial charge on any atom is -0.389 e. The van der Waals surface area contributed by atoms with Gasteiger partial charge in [0.15, 0.2) is 0 Å². The second-order valence-corrected chi connectivity index (χ2v) is 5.38. The molecule has 0 aromatic carbocycles. The van der Waals surface area contributed by atoms with E-state index < -0.39 is 0 Å². The first-order valence-corrected chi connectivity index (χ1v) is 7.20. The summed E-state index contributed by atoms with van der Waals surface area (Å²) in [7, 11) is 0. The van der Waals surface area contributed by atoms with Gasteiger partial charge in [0.1, 0.15) is 0 Å². The number of β-amino-alcohol motifs (C(OH)–C–C–N with tert-alkyl or cyclic N) is 1. The van der Waals surface area contributed by atoms with E-state index in [0.717, 1.165) is 25.9 Å². The van der Waals surface area contributed by atoms with Crippen LogP contribution in [0.1, 0.15) is 71.1 Å². The number of hydrogen-bond donors (Lipinski definition) is 2. The van der Waals surface area contributed by atoms with Gasteiger partial charge in [0, 0.05) is 6.54 Å². The van der Waals surface area contributed by atoms with E-state index in [1.54, 1.807) is 0 Å². The Kier molecular flexibility index (Phi) is 7.06. The molecule has 2 heteroatoms. The van der Waals surface area contributed by atoms with Crippen LogP contribution in [0.3, 0.4) is 0 Å². The summed E-state index contributed by atoms with van der Waals surface area (Å²) in [6.45, 7) is 4.06. The van der Waals surface area contributed by atoms with Crippen molar-refractivity contribution in [3.63, 3.8) is 0 Å². The average Bonchev–Trinajstić information content (AvgIpc) is 2.70. The van der Waals surface area contributed by atoms with Crippen molar-refractivity contribution >= 4 is 0 Å². The van der Waals surface area contributed by atoms with Gasteiger partial charge in [-0.05, 0) is 19.4 Å². The first-order valence-electron chi connectivity index (χ1n) is 7.20. The van der Waals surface area contributed by atoms with Gasteiger partial charge in [0.25, 0.3) is 0 Å². The second-order valence-electron chi connectivity index (χ2n) is 5.38. The highest BCUT2D eigenvalue weighted by Crippen LogP contribution is 2.22. The molecule has 96 valence electrons. The van der Waals surface area contributed by atoms with Gasteiger partial charge in [0.2, 0.25) is 0 Å². The lowest BCUT2D eigenvalue weighted by Gasteiger charge is -2.20. The maximum absolute atomic E-state index is 10.1. The molecule has 0 aromatic heterocycles. The van der Waals surface area contributed by atoms with E-state index in [9.17, 15) is 5.11 Å². The van der Waals surface area contributed by atoms with Crippen molar-refractivity contribution in [2.24, 2.45) is 0 Å². The molecule has 1 rings (SSSR count). The van der Waals surface area contributed by atoms with Gasteiger partial charge in [-0.3, -0.25) is 0 Å². The zero-order chi connectivity index (χ0) is 11.7. The molecule has 0 aromatic rings. The molecule has 1 aliphatic rings. The minimum absolute atomic E-state index is 0.373. The molecule has 1 aliphatic heterocycles. The standard InChI is InChI=1S/C14H29NO/c1-2-3-4-5-6-7-8-9-10-14(16)11-12-15-13-14/h15-16H,2-13H2,1H3. The SMILES string of the molecule is CCCCCCCCCCC1(O)CCNC1.